The van der Waals surface area contributed by atoms with Crippen molar-refractivity contribution in [1.29, 1.82) is 0 Å². The predicted molar refractivity (Wildman–Crippen MR) is 170 cm³/mol. The van der Waals surface area contributed by atoms with Gasteiger partial charge in [0, 0.05) is 30.5 Å². The summed E-state index contributed by atoms with van der Waals surface area (Å²) >= 11 is 0. The molecule has 10 nitrogen and oxygen atoms in total. The summed E-state index contributed by atoms with van der Waals surface area (Å²) in [7, 11) is 0. The van der Waals surface area contributed by atoms with Crippen LogP contribution in [0.4, 0.5) is 0 Å². The van der Waals surface area contributed by atoms with E-state index in [0.717, 1.165) is 85.8 Å². The van der Waals surface area contributed by atoms with Crippen LogP contribution in [0.25, 0.3) is 16.6 Å². The maximum Gasteiger partial charge on any atom is 0.338 e. The summed E-state index contributed by atoms with van der Waals surface area (Å²) < 4.78 is 21.7. The number of fused-ring (bicyclic) bond motifs is 2. The molecular formula is C35H40N6O4. The third-order valence-corrected chi connectivity index (χ3v) is 8.63. The molecule has 234 valence electrons. The second kappa shape index (κ2) is 12.3. The second-order valence-corrected chi connectivity index (χ2v) is 13.1. The van der Waals surface area contributed by atoms with Crippen LogP contribution < -0.4 is 4.74 Å². The third-order valence-electron chi connectivity index (χ3n) is 8.63. The molecule has 0 aliphatic carbocycles. The van der Waals surface area contributed by atoms with Gasteiger partial charge in [-0.05, 0) is 95.6 Å². The van der Waals surface area contributed by atoms with Crippen molar-refractivity contribution in [2.75, 3.05) is 19.7 Å². The van der Waals surface area contributed by atoms with Crippen molar-refractivity contribution in [3.63, 3.8) is 0 Å². The zero-order valence-electron chi connectivity index (χ0n) is 26.2. The standard InChI is InChI=1S/C35H40N6O4/c1-35(2,3)45-34(42)25-10-11-30-31(20-25)40(21-28-15-19-43-28)32(37-30)22-39-17-13-24(14-18-39)29-8-5-9-33(38-29)44-23-27-7-4-6-26-12-16-36-41(26)27/h4-12,16,20,24,28H,13-15,17-19,21-23H2,1-3H3/t28-/m0/s1. The van der Waals surface area contributed by atoms with Gasteiger partial charge in [0.1, 0.15) is 18.0 Å². The first-order valence-corrected chi connectivity index (χ1v) is 15.9. The number of imidazole rings is 1. The lowest BCUT2D eigenvalue weighted by atomic mass is 9.93. The summed E-state index contributed by atoms with van der Waals surface area (Å²) in [4.78, 5) is 25.2. The number of pyridine rings is 2. The molecule has 1 aromatic carbocycles. The van der Waals surface area contributed by atoms with Gasteiger partial charge >= 0.3 is 5.97 Å². The summed E-state index contributed by atoms with van der Waals surface area (Å²) in [5, 5.41) is 4.40. The van der Waals surface area contributed by atoms with E-state index in [4.69, 9.17) is 24.2 Å². The largest absolute Gasteiger partial charge is 0.471 e. The zero-order valence-corrected chi connectivity index (χ0v) is 26.2. The average Bonchev–Trinajstić information content (AvgIpc) is 3.62. The zero-order chi connectivity index (χ0) is 31.0. The normalized spacial score (nSPS) is 17.9. The van der Waals surface area contributed by atoms with Gasteiger partial charge in [-0.1, -0.05) is 12.1 Å². The number of esters is 1. The lowest BCUT2D eigenvalue weighted by Gasteiger charge is -2.32. The Morgan fingerprint density at radius 3 is 2.60 bits per heavy atom. The molecule has 0 N–H and O–H groups in total. The van der Waals surface area contributed by atoms with Crippen molar-refractivity contribution in [3.8, 4) is 5.88 Å². The summed E-state index contributed by atoms with van der Waals surface area (Å²) in [5.41, 5.74) is 4.92. The minimum Gasteiger partial charge on any atom is -0.471 e. The summed E-state index contributed by atoms with van der Waals surface area (Å²) in [6.07, 6.45) is 5.02. The minimum absolute atomic E-state index is 0.171. The number of likely N-dealkylation sites (tertiary alicyclic amines) is 1. The first kappa shape index (κ1) is 29.4. The van der Waals surface area contributed by atoms with Gasteiger partial charge in [-0.15, -0.1) is 0 Å². The molecule has 1 atom stereocenters. The van der Waals surface area contributed by atoms with Crippen LogP contribution in [0.1, 0.15) is 73.5 Å². The highest BCUT2D eigenvalue weighted by Gasteiger charge is 2.27. The molecule has 4 aromatic heterocycles. The van der Waals surface area contributed by atoms with Crippen LogP contribution >= 0.6 is 0 Å². The fraction of sp³-hybridized carbons (Fsp3) is 0.429. The quantitative estimate of drug-likeness (QED) is 0.194. The summed E-state index contributed by atoms with van der Waals surface area (Å²) in [6, 6.07) is 19.8. The van der Waals surface area contributed by atoms with E-state index in [0.29, 0.717) is 24.0 Å². The number of ether oxygens (including phenoxy) is 3. The SMILES string of the molecule is CC(C)(C)OC(=O)c1ccc2nc(CN3CCC(c4cccc(OCc5cccc6ccnn56)n4)CC3)n(C[C@@H]3CCO3)c2c1. The van der Waals surface area contributed by atoms with E-state index >= 15 is 0 Å². The highest BCUT2D eigenvalue weighted by molar-refractivity contribution is 5.94. The van der Waals surface area contributed by atoms with Crippen LogP contribution in [-0.4, -0.2) is 66.4 Å². The van der Waals surface area contributed by atoms with Crippen LogP contribution in [0.3, 0.4) is 0 Å². The molecule has 5 aromatic rings. The molecule has 45 heavy (non-hydrogen) atoms. The van der Waals surface area contributed by atoms with Crippen LogP contribution in [0.15, 0.2) is 66.9 Å². The average molecular weight is 609 g/mol. The van der Waals surface area contributed by atoms with Gasteiger partial charge in [-0.25, -0.2) is 19.3 Å². The van der Waals surface area contributed by atoms with Crippen molar-refractivity contribution >= 4 is 22.5 Å². The molecule has 7 rings (SSSR count). The molecule has 0 unspecified atom stereocenters. The number of aromatic nitrogens is 5. The lowest BCUT2D eigenvalue weighted by molar-refractivity contribution is -0.0592. The molecule has 2 aliphatic rings. The van der Waals surface area contributed by atoms with E-state index in [1.54, 1.807) is 6.20 Å². The lowest BCUT2D eigenvalue weighted by Crippen LogP contribution is -2.35. The van der Waals surface area contributed by atoms with Crippen molar-refractivity contribution < 1.29 is 19.0 Å². The first-order valence-electron chi connectivity index (χ1n) is 15.9. The number of carbonyl (C=O) groups excluding carboxylic acids is 1. The molecule has 2 saturated heterocycles. The Kier molecular flexibility index (Phi) is 8.01. The highest BCUT2D eigenvalue weighted by atomic mass is 16.6. The van der Waals surface area contributed by atoms with Crippen molar-refractivity contribution in [2.24, 2.45) is 0 Å². The fourth-order valence-electron chi connectivity index (χ4n) is 6.18. The topological polar surface area (TPSA) is 96.0 Å². The Hall–Kier alpha value is -4.28. The van der Waals surface area contributed by atoms with E-state index < -0.39 is 5.60 Å². The molecule has 0 spiro atoms. The Morgan fingerprint density at radius 1 is 1.00 bits per heavy atom. The number of hydrogen-bond donors (Lipinski definition) is 0. The van der Waals surface area contributed by atoms with Crippen LogP contribution in [0.2, 0.25) is 0 Å². The summed E-state index contributed by atoms with van der Waals surface area (Å²) in [5.74, 6) is 1.69. The van der Waals surface area contributed by atoms with Gasteiger partial charge in [0.2, 0.25) is 5.88 Å². The maximum atomic E-state index is 12.8. The van der Waals surface area contributed by atoms with Gasteiger partial charge in [0.05, 0.1) is 47.0 Å². The molecule has 10 heteroatoms. The van der Waals surface area contributed by atoms with E-state index in [-0.39, 0.29) is 12.1 Å². The molecule has 0 amide bonds. The molecule has 0 radical (unpaired) electrons. The van der Waals surface area contributed by atoms with E-state index in [2.05, 4.69) is 20.6 Å². The van der Waals surface area contributed by atoms with E-state index in [1.165, 1.54) is 0 Å². The number of benzene rings is 1. The second-order valence-electron chi connectivity index (χ2n) is 13.1. The Morgan fingerprint density at radius 2 is 1.82 bits per heavy atom. The molecule has 2 fully saturated rings. The Balaban J connectivity index is 1.02. The maximum absolute atomic E-state index is 12.8. The number of carbonyl (C=O) groups is 1. The van der Waals surface area contributed by atoms with E-state index in [1.807, 2.05) is 79.9 Å². The first-order chi connectivity index (χ1) is 21.8. The molecule has 6 heterocycles. The number of nitrogens with zero attached hydrogens (tertiary/aromatic N) is 6. The smallest absolute Gasteiger partial charge is 0.338 e. The number of hydrogen-bond acceptors (Lipinski definition) is 8. The molecule has 2 aliphatic heterocycles. The third kappa shape index (κ3) is 6.57. The monoisotopic (exact) mass is 608 g/mol. The van der Waals surface area contributed by atoms with Crippen molar-refractivity contribution in [3.05, 3.63) is 89.6 Å². The minimum atomic E-state index is -0.553. The Bertz CT molecular complexity index is 1810. The van der Waals surface area contributed by atoms with Gasteiger partial charge in [0.15, 0.2) is 0 Å². The van der Waals surface area contributed by atoms with E-state index in [9.17, 15) is 4.79 Å². The van der Waals surface area contributed by atoms with Gasteiger partial charge in [-0.2, -0.15) is 5.10 Å². The highest BCUT2D eigenvalue weighted by Crippen LogP contribution is 2.30. The van der Waals surface area contributed by atoms with Crippen LogP contribution in [0.5, 0.6) is 5.88 Å². The molecule has 0 saturated carbocycles. The van der Waals surface area contributed by atoms with Crippen LogP contribution in [0, 0.1) is 0 Å². The van der Waals surface area contributed by atoms with Gasteiger partial charge in [0.25, 0.3) is 0 Å². The van der Waals surface area contributed by atoms with Gasteiger partial charge in [-0.3, -0.25) is 4.90 Å². The van der Waals surface area contributed by atoms with Gasteiger partial charge < -0.3 is 18.8 Å². The van der Waals surface area contributed by atoms with Crippen molar-refractivity contribution in [1.82, 2.24) is 29.0 Å². The Labute approximate surface area is 262 Å². The van der Waals surface area contributed by atoms with Crippen LogP contribution in [-0.2, 0) is 29.2 Å². The van der Waals surface area contributed by atoms with Crippen molar-refractivity contribution in [2.45, 2.75) is 77.4 Å². The number of piperidine rings is 1. The predicted octanol–water partition coefficient (Wildman–Crippen LogP) is 5.78. The molecular weight excluding hydrogens is 568 g/mol. The molecule has 0 bridgehead atoms. The number of rotatable bonds is 9. The fourth-order valence-corrected chi connectivity index (χ4v) is 6.18. The summed E-state index contributed by atoms with van der Waals surface area (Å²) in [6.45, 7) is 10.2.